The van der Waals surface area contributed by atoms with Crippen molar-refractivity contribution in [2.24, 2.45) is 5.92 Å². The van der Waals surface area contributed by atoms with Crippen molar-refractivity contribution in [2.75, 3.05) is 6.54 Å². The molecule has 0 aliphatic rings. The number of hydrogen-bond acceptors (Lipinski definition) is 4. The molecule has 1 atom stereocenters. The monoisotopic (exact) mass is 346 g/mol. The molecule has 1 aromatic carbocycles. The molecule has 6 heteroatoms. The number of hydrogen-bond donors (Lipinski definition) is 2. The maximum Gasteiger partial charge on any atom is 0.308 e. The van der Waals surface area contributed by atoms with Crippen LogP contribution in [-0.2, 0) is 22.4 Å². The summed E-state index contributed by atoms with van der Waals surface area (Å²) in [5.74, 6) is -1.66. The lowest BCUT2D eigenvalue weighted by molar-refractivity contribution is -0.141. The quantitative estimate of drug-likeness (QED) is 0.770. The molecule has 1 heterocycles. The number of carboxylic acids is 1. The highest BCUT2D eigenvalue weighted by Crippen LogP contribution is 2.14. The third-order valence-electron chi connectivity index (χ3n) is 3.90. The van der Waals surface area contributed by atoms with E-state index in [2.05, 4.69) is 10.3 Å². The van der Waals surface area contributed by atoms with Gasteiger partial charge in [-0.05, 0) is 37.8 Å². The van der Waals surface area contributed by atoms with Crippen LogP contribution in [0.5, 0.6) is 0 Å². The highest BCUT2D eigenvalue weighted by Gasteiger charge is 2.19. The zero-order valence-corrected chi connectivity index (χ0v) is 14.7. The standard InChI is InChI=1S/C18H22N2O3S/c1-12-5-3-4-6-14(12)9-15(18(22)23)10-19-17(21)8-7-16-11-24-13(2)20-16/h3-6,11,15H,7-10H2,1-2H3,(H,19,21)(H,22,23). The normalized spacial score (nSPS) is 11.9. The van der Waals surface area contributed by atoms with Gasteiger partial charge in [0.1, 0.15) is 0 Å². The SMILES string of the molecule is Cc1nc(CCC(=O)NCC(Cc2ccccc2C)C(=O)O)cs1. The summed E-state index contributed by atoms with van der Waals surface area (Å²) in [7, 11) is 0. The van der Waals surface area contributed by atoms with E-state index in [1.54, 1.807) is 11.3 Å². The first-order valence-corrected chi connectivity index (χ1v) is 8.78. The topological polar surface area (TPSA) is 79.3 Å². The van der Waals surface area contributed by atoms with Crippen molar-refractivity contribution >= 4 is 23.2 Å². The molecule has 0 aliphatic heterocycles. The molecule has 1 unspecified atom stereocenters. The van der Waals surface area contributed by atoms with E-state index in [0.717, 1.165) is 21.8 Å². The van der Waals surface area contributed by atoms with E-state index in [4.69, 9.17) is 0 Å². The average molecular weight is 346 g/mol. The van der Waals surface area contributed by atoms with Crippen LogP contribution in [-0.4, -0.2) is 28.5 Å². The zero-order chi connectivity index (χ0) is 17.5. The lowest BCUT2D eigenvalue weighted by Gasteiger charge is -2.15. The smallest absolute Gasteiger partial charge is 0.308 e. The second-order valence-corrected chi connectivity index (χ2v) is 6.89. The van der Waals surface area contributed by atoms with Gasteiger partial charge in [-0.25, -0.2) is 4.98 Å². The highest BCUT2D eigenvalue weighted by molar-refractivity contribution is 7.09. The fourth-order valence-electron chi connectivity index (χ4n) is 2.44. The second kappa shape index (κ2) is 8.59. The molecule has 1 amide bonds. The minimum absolute atomic E-state index is 0.137. The van der Waals surface area contributed by atoms with Crippen molar-refractivity contribution in [3.63, 3.8) is 0 Å². The largest absolute Gasteiger partial charge is 0.481 e. The molecule has 24 heavy (non-hydrogen) atoms. The Labute approximate surface area is 145 Å². The predicted octanol–water partition coefficient (Wildman–Crippen LogP) is 2.75. The lowest BCUT2D eigenvalue weighted by atomic mass is 9.96. The van der Waals surface area contributed by atoms with Crippen molar-refractivity contribution in [1.29, 1.82) is 0 Å². The van der Waals surface area contributed by atoms with Gasteiger partial charge in [0.25, 0.3) is 0 Å². The molecule has 0 saturated heterocycles. The number of benzene rings is 1. The number of nitrogens with one attached hydrogen (secondary N) is 1. The number of carboxylic acid groups (broad SMARTS) is 1. The van der Waals surface area contributed by atoms with Gasteiger partial charge in [0, 0.05) is 18.3 Å². The van der Waals surface area contributed by atoms with Crippen LogP contribution in [0.1, 0.15) is 28.2 Å². The summed E-state index contributed by atoms with van der Waals surface area (Å²) < 4.78 is 0. The first kappa shape index (κ1) is 18.1. The summed E-state index contributed by atoms with van der Waals surface area (Å²) in [6, 6.07) is 7.71. The molecule has 0 aliphatic carbocycles. The number of nitrogens with zero attached hydrogens (tertiary/aromatic N) is 1. The third kappa shape index (κ3) is 5.45. The molecule has 128 valence electrons. The third-order valence-corrected chi connectivity index (χ3v) is 4.72. The van der Waals surface area contributed by atoms with Crippen LogP contribution in [0.25, 0.3) is 0 Å². The minimum atomic E-state index is -0.895. The van der Waals surface area contributed by atoms with E-state index in [1.807, 2.05) is 43.5 Å². The molecule has 2 aromatic rings. The number of aromatic nitrogens is 1. The van der Waals surface area contributed by atoms with Crippen LogP contribution in [0, 0.1) is 19.8 Å². The van der Waals surface area contributed by atoms with E-state index in [0.29, 0.717) is 19.3 Å². The number of aliphatic carboxylic acids is 1. The van der Waals surface area contributed by atoms with Gasteiger partial charge < -0.3 is 10.4 Å². The maximum absolute atomic E-state index is 11.9. The highest BCUT2D eigenvalue weighted by atomic mass is 32.1. The van der Waals surface area contributed by atoms with Crippen molar-refractivity contribution < 1.29 is 14.7 Å². The molecule has 0 fully saturated rings. The molecular formula is C18H22N2O3S. The van der Waals surface area contributed by atoms with E-state index in [-0.39, 0.29) is 12.5 Å². The Bertz CT molecular complexity index is 712. The van der Waals surface area contributed by atoms with Crippen molar-refractivity contribution in [3.05, 3.63) is 51.5 Å². The molecule has 1 aromatic heterocycles. The summed E-state index contributed by atoms with van der Waals surface area (Å²) in [5.41, 5.74) is 2.97. The van der Waals surface area contributed by atoms with E-state index in [9.17, 15) is 14.7 Å². The number of aryl methyl sites for hydroxylation is 3. The first-order chi connectivity index (χ1) is 11.5. The number of thiazole rings is 1. The molecule has 0 radical (unpaired) electrons. The van der Waals surface area contributed by atoms with Crippen molar-refractivity contribution in [2.45, 2.75) is 33.1 Å². The molecule has 2 rings (SSSR count). The van der Waals surface area contributed by atoms with Crippen LogP contribution in [0.2, 0.25) is 0 Å². The predicted molar refractivity (Wildman–Crippen MR) is 94.2 cm³/mol. The van der Waals surface area contributed by atoms with Gasteiger partial charge in [-0.15, -0.1) is 11.3 Å². The second-order valence-electron chi connectivity index (χ2n) is 5.83. The van der Waals surface area contributed by atoms with E-state index >= 15 is 0 Å². The Kier molecular flexibility index (Phi) is 6.49. The van der Waals surface area contributed by atoms with Crippen LogP contribution in [0.15, 0.2) is 29.6 Å². The summed E-state index contributed by atoms with van der Waals surface area (Å²) in [6.45, 7) is 4.03. The fraction of sp³-hybridized carbons (Fsp3) is 0.389. The summed E-state index contributed by atoms with van der Waals surface area (Å²) >= 11 is 1.56. The average Bonchev–Trinajstić information content (AvgIpc) is 2.96. The van der Waals surface area contributed by atoms with Crippen molar-refractivity contribution in [1.82, 2.24) is 10.3 Å². The Morgan fingerprint density at radius 2 is 2.04 bits per heavy atom. The van der Waals surface area contributed by atoms with E-state index in [1.165, 1.54) is 0 Å². The van der Waals surface area contributed by atoms with Crippen LogP contribution in [0.4, 0.5) is 0 Å². The molecule has 0 bridgehead atoms. The summed E-state index contributed by atoms with van der Waals surface area (Å²) in [6.07, 6.45) is 1.30. The van der Waals surface area contributed by atoms with Gasteiger partial charge in [-0.2, -0.15) is 0 Å². The summed E-state index contributed by atoms with van der Waals surface area (Å²) in [5, 5.41) is 15.1. The van der Waals surface area contributed by atoms with Gasteiger partial charge in [-0.3, -0.25) is 9.59 Å². The van der Waals surface area contributed by atoms with Crippen LogP contribution < -0.4 is 5.32 Å². The fourth-order valence-corrected chi connectivity index (χ4v) is 3.09. The van der Waals surface area contributed by atoms with E-state index < -0.39 is 11.9 Å². The lowest BCUT2D eigenvalue weighted by Crippen LogP contribution is -2.34. The molecular weight excluding hydrogens is 324 g/mol. The van der Waals surface area contributed by atoms with Gasteiger partial charge in [-0.1, -0.05) is 24.3 Å². The minimum Gasteiger partial charge on any atom is -0.481 e. The number of carbonyl (C=O) groups excluding carboxylic acids is 1. The number of rotatable bonds is 8. The molecule has 2 N–H and O–H groups in total. The number of amides is 1. The number of carbonyl (C=O) groups is 2. The van der Waals surface area contributed by atoms with Crippen LogP contribution >= 0.6 is 11.3 Å². The Morgan fingerprint density at radius 3 is 2.67 bits per heavy atom. The van der Waals surface area contributed by atoms with Crippen molar-refractivity contribution in [3.8, 4) is 0 Å². The Hall–Kier alpha value is -2.21. The maximum atomic E-state index is 11.9. The Balaban J connectivity index is 1.83. The van der Waals surface area contributed by atoms with Gasteiger partial charge in [0.2, 0.25) is 5.91 Å². The summed E-state index contributed by atoms with van der Waals surface area (Å²) in [4.78, 5) is 27.7. The first-order valence-electron chi connectivity index (χ1n) is 7.90. The molecule has 5 nitrogen and oxygen atoms in total. The van der Waals surface area contributed by atoms with Gasteiger partial charge >= 0.3 is 5.97 Å². The zero-order valence-electron chi connectivity index (χ0n) is 13.9. The van der Waals surface area contributed by atoms with Gasteiger partial charge in [0.05, 0.1) is 16.6 Å². The molecule has 0 spiro atoms. The molecule has 0 saturated carbocycles. The van der Waals surface area contributed by atoms with Gasteiger partial charge in [0.15, 0.2) is 0 Å². The van der Waals surface area contributed by atoms with Crippen LogP contribution in [0.3, 0.4) is 0 Å². The Morgan fingerprint density at radius 1 is 1.29 bits per heavy atom.